The lowest BCUT2D eigenvalue weighted by Gasteiger charge is -2.25. The van der Waals surface area contributed by atoms with Gasteiger partial charge in [0.05, 0.1) is 4.90 Å². The van der Waals surface area contributed by atoms with E-state index >= 15 is 0 Å². The lowest BCUT2D eigenvalue weighted by Crippen LogP contribution is -2.39. The second-order valence-electron chi connectivity index (χ2n) is 5.54. The van der Waals surface area contributed by atoms with Crippen LogP contribution in [0.3, 0.4) is 0 Å². The maximum atomic E-state index is 12.3. The molecular formula is C13H20N2O2S2. The predicted octanol–water partition coefficient (Wildman–Crippen LogP) is 2.14. The number of thiophene rings is 1. The molecule has 2 fully saturated rings. The maximum absolute atomic E-state index is 12.3. The molecule has 0 radical (unpaired) electrons. The van der Waals surface area contributed by atoms with Crippen LogP contribution in [0, 0.1) is 6.92 Å². The third kappa shape index (κ3) is 3.18. The number of hydrogen-bond donors (Lipinski definition) is 2. The lowest BCUT2D eigenvalue weighted by molar-refractivity contribution is 0.383. The van der Waals surface area contributed by atoms with Crippen molar-refractivity contribution in [1.29, 1.82) is 0 Å². The van der Waals surface area contributed by atoms with Crippen molar-refractivity contribution in [1.82, 2.24) is 10.0 Å². The van der Waals surface area contributed by atoms with Gasteiger partial charge in [-0.3, -0.25) is 0 Å². The second kappa shape index (κ2) is 5.16. The third-order valence-corrected chi connectivity index (χ3v) is 6.61. The summed E-state index contributed by atoms with van der Waals surface area (Å²) in [5.74, 6) is 0. The topological polar surface area (TPSA) is 58.2 Å². The fraction of sp³-hybridized carbons (Fsp3) is 0.692. The van der Waals surface area contributed by atoms with Crippen LogP contribution >= 0.6 is 11.3 Å². The zero-order valence-corrected chi connectivity index (χ0v) is 12.7. The minimum absolute atomic E-state index is 0.150. The largest absolute Gasteiger partial charge is 0.309 e. The molecule has 0 saturated heterocycles. The molecule has 2 aliphatic rings. The summed E-state index contributed by atoms with van der Waals surface area (Å²) in [6.07, 6.45) is 5.57. The zero-order chi connectivity index (χ0) is 13.5. The number of rotatable bonds is 6. The zero-order valence-electron chi connectivity index (χ0n) is 11.1. The van der Waals surface area contributed by atoms with Crippen molar-refractivity contribution in [3.63, 3.8) is 0 Å². The molecule has 1 heterocycles. The number of nitrogens with one attached hydrogen (secondary N) is 2. The Balaban J connectivity index is 1.70. The molecule has 2 aliphatic carbocycles. The first-order valence-electron chi connectivity index (χ1n) is 6.89. The monoisotopic (exact) mass is 300 g/mol. The van der Waals surface area contributed by atoms with Crippen LogP contribution < -0.4 is 10.0 Å². The van der Waals surface area contributed by atoms with Crippen LogP contribution in [0.2, 0.25) is 0 Å². The highest BCUT2D eigenvalue weighted by Crippen LogP contribution is 2.28. The molecule has 0 unspecified atom stereocenters. The molecule has 1 aromatic rings. The summed E-state index contributed by atoms with van der Waals surface area (Å²) in [5.41, 5.74) is 0. The van der Waals surface area contributed by atoms with E-state index in [9.17, 15) is 8.42 Å². The Labute approximate surface area is 118 Å². The standard InChI is InChI=1S/C13H20N2O2S2/c1-9-13(19(16,17)15-11-3-2-4-11)7-12(18-9)8-14-10-5-6-10/h7,10-11,14-15H,2-6,8H2,1H3. The SMILES string of the molecule is Cc1sc(CNC2CC2)cc1S(=O)(=O)NC1CCC1. The summed E-state index contributed by atoms with van der Waals surface area (Å²) >= 11 is 1.58. The molecule has 0 atom stereocenters. The fourth-order valence-corrected chi connectivity index (χ4v) is 5.11. The van der Waals surface area contributed by atoms with E-state index in [1.807, 2.05) is 13.0 Å². The van der Waals surface area contributed by atoms with E-state index in [2.05, 4.69) is 10.0 Å². The summed E-state index contributed by atoms with van der Waals surface area (Å²) in [6.45, 7) is 2.68. The molecule has 0 aromatic carbocycles. The van der Waals surface area contributed by atoms with Gasteiger partial charge in [0, 0.05) is 28.4 Å². The van der Waals surface area contributed by atoms with Crippen LogP contribution in [0.15, 0.2) is 11.0 Å². The van der Waals surface area contributed by atoms with Crippen LogP contribution in [0.25, 0.3) is 0 Å². The van der Waals surface area contributed by atoms with E-state index < -0.39 is 10.0 Å². The van der Waals surface area contributed by atoms with Crippen molar-refractivity contribution < 1.29 is 8.42 Å². The van der Waals surface area contributed by atoms with Crippen LogP contribution in [0.5, 0.6) is 0 Å². The van der Waals surface area contributed by atoms with Crippen LogP contribution in [0.1, 0.15) is 41.9 Å². The van der Waals surface area contributed by atoms with Gasteiger partial charge in [-0.2, -0.15) is 0 Å². The van der Waals surface area contributed by atoms with Crippen molar-refractivity contribution >= 4 is 21.4 Å². The fourth-order valence-electron chi connectivity index (χ4n) is 2.22. The van der Waals surface area contributed by atoms with Crippen molar-refractivity contribution in [2.75, 3.05) is 0 Å². The molecule has 0 amide bonds. The maximum Gasteiger partial charge on any atom is 0.241 e. The van der Waals surface area contributed by atoms with Crippen molar-refractivity contribution in [3.05, 3.63) is 15.8 Å². The Morgan fingerprint density at radius 1 is 1.26 bits per heavy atom. The van der Waals surface area contributed by atoms with Gasteiger partial charge in [0.15, 0.2) is 0 Å². The lowest BCUT2D eigenvalue weighted by atomic mass is 9.94. The van der Waals surface area contributed by atoms with Crippen molar-refractivity contribution in [2.24, 2.45) is 0 Å². The van der Waals surface area contributed by atoms with E-state index in [4.69, 9.17) is 0 Å². The summed E-state index contributed by atoms with van der Waals surface area (Å²) in [4.78, 5) is 2.47. The van der Waals surface area contributed by atoms with E-state index in [1.54, 1.807) is 11.3 Å². The summed E-state index contributed by atoms with van der Waals surface area (Å²) in [5, 5.41) is 3.42. The van der Waals surface area contributed by atoms with Gasteiger partial charge in [0.25, 0.3) is 0 Å². The highest BCUT2D eigenvalue weighted by atomic mass is 32.2. The van der Waals surface area contributed by atoms with Gasteiger partial charge in [-0.15, -0.1) is 11.3 Å². The summed E-state index contributed by atoms with van der Waals surface area (Å²) in [6, 6.07) is 2.63. The highest BCUT2D eigenvalue weighted by molar-refractivity contribution is 7.89. The van der Waals surface area contributed by atoms with Gasteiger partial charge in [-0.1, -0.05) is 6.42 Å². The molecule has 2 N–H and O–H groups in total. The molecule has 19 heavy (non-hydrogen) atoms. The molecule has 2 saturated carbocycles. The van der Waals surface area contributed by atoms with Gasteiger partial charge in [0.2, 0.25) is 10.0 Å². The van der Waals surface area contributed by atoms with Crippen LogP contribution in [-0.4, -0.2) is 20.5 Å². The molecule has 0 aliphatic heterocycles. The van der Waals surface area contributed by atoms with E-state index in [1.165, 1.54) is 12.8 Å². The molecule has 0 spiro atoms. The first-order chi connectivity index (χ1) is 9.04. The quantitative estimate of drug-likeness (QED) is 0.846. The first-order valence-corrected chi connectivity index (χ1v) is 9.19. The smallest absolute Gasteiger partial charge is 0.241 e. The van der Waals surface area contributed by atoms with Crippen LogP contribution in [0.4, 0.5) is 0 Å². The molecule has 0 bridgehead atoms. The Bertz CT molecular complexity index is 557. The molecule has 3 rings (SSSR count). The van der Waals surface area contributed by atoms with Crippen molar-refractivity contribution in [3.8, 4) is 0 Å². The Hall–Kier alpha value is -0.430. The average molecular weight is 300 g/mol. The average Bonchev–Trinajstić information content (AvgIpc) is 3.04. The molecule has 1 aromatic heterocycles. The summed E-state index contributed by atoms with van der Waals surface area (Å²) < 4.78 is 27.4. The second-order valence-corrected chi connectivity index (χ2v) is 8.56. The number of hydrogen-bond acceptors (Lipinski definition) is 4. The predicted molar refractivity (Wildman–Crippen MR) is 76.9 cm³/mol. The molecule has 4 nitrogen and oxygen atoms in total. The minimum atomic E-state index is -3.32. The van der Waals surface area contributed by atoms with Crippen LogP contribution in [-0.2, 0) is 16.6 Å². The van der Waals surface area contributed by atoms with Gasteiger partial charge in [0.1, 0.15) is 0 Å². The molecular weight excluding hydrogens is 280 g/mol. The van der Waals surface area contributed by atoms with Gasteiger partial charge in [-0.25, -0.2) is 13.1 Å². The van der Waals surface area contributed by atoms with Crippen molar-refractivity contribution in [2.45, 2.75) is 62.6 Å². The normalized spacial score (nSPS) is 20.5. The van der Waals surface area contributed by atoms with E-state index in [0.29, 0.717) is 10.9 Å². The van der Waals surface area contributed by atoms with Gasteiger partial charge in [-0.05, 0) is 38.7 Å². The number of sulfonamides is 1. The molecule has 6 heteroatoms. The van der Waals surface area contributed by atoms with Gasteiger partial charge < -0.3 is 5.32 Å². The van der Waals surface area contributed by atoms with E-state index in [-0.39, 0.29) is 6.04 Å². The minimum Gasteiger partial charge on any atom is -0.309 e. The Kier molecular flexibility index (Phi) is 3.68. The number of aryl methyl sites for hydroxylation is 1. The Morgan fingerprint density at radius 3 is 2.58 bits per heavy atom. The van der Waals surface area contributed by atoms with E-state index in [0.717, 1.165) is 35.6 Å². The Morgan fingerprint density at radius 2 is 2.00 bits per heavy atom. The third-order valence-electron chi connectivity index (χ3n) is 3.78. The first kappa shape index (κ1) is 13.5. The van der Waals surface area contributed by atoms with Gasteiger partial charge >= 0.3 is 0 Å². The highest BCUT2D eigenvalue weighted by Gasteiger charge is 2.27. The summed E-state index contributed by atoms with van der Waals surface area (Å²) in [7, 11) is -3.32. The molecule has 106 valence electrons.